The van der Waals surface area contributed by atoms with Crippen LogP contribution in [0.25, 0.3) is 0 Å². The highest BCUT2D eigenvalue weighted by Crippen LogP contribution is 2.13. The molecule has 0 fully saturated rings. The number of carbonyl (C=O) groups is 2. The van der Waals surface area contributed by atoms with Crippen LogP contribution in [0.5, 0.6) is 0 Å². The molecular weight excluding hydrogens is 464 g/mol. The molecule has 1 amide bonds. The zero-order valence-corrected chi connectivity index (χ0v) is 21.2. The molecule has 14 heteroatoms. The highest BCUT2D eigenvalue weighted by Gasteiger charge is 2.33. The molecule has 188 valence electrons. The highest BCUT2D eigenvalue weighted by molar-refractivity contribution is 8.04. The van der Waals surface area contributed by atoms with Crippen LogP contribution >= 0.6 is 0 Å². The lowest BCUT2D eigenvalue weighted by atomic mass is 10.0. The number of nitrogens with one attached hydrogen (secondary N) is 4. The van der Waals surface area contributed by atoms with Gasteiger partial charge in [0.25, 0.3) is 10.2 Å². The summed E-state index contributed by atoms with van der Waals surface area (Å²) in [7, 11) is -8.31. The quantitative estimate of drug-likeness (QED) is 0.127. The van der Waals surface area contributed by atoms with E-state index in [0.29, 0.717) is 6.54 Å². The summed E-state index contributed by atoms with van der Waals surface area (Å²) in [6, 6.07) is 0. The van der Waals surface area contributed by atoms with Gasteiger partial charge in [-0.25, -0.2) is 13.2 Å². The molecule has 0 aliphatic heterocycles. The Hall–Kier alpha value is -1.58. The third kappa shape index (κ3) is 11.9. The van der Waals surface area contributed by atoms with Crippen molar-refractivity contribution >= 4 is 32.1 Å². The zero-order chi connectivity index (χ0) is 25.2. The molecule has 0 aromatic carbocycles. The number of hydrogen-bond donors (Lipinski definition) is 4. The van der Waals surface area contributed by atoms with Gasteiger partial charge in [0.2, 0.25) is 15.9 Å². The van der Waals surface area contributed by atoms with E-state index >= 15 is 0 Å². The van der Waals surface area contributed by atoms with Gasteiger partial charge in [-0.05, 0) is 41.5 Å². The van der Waals surface area contributed by atoms with Crippen molar-refractivity contribution in [3.8, 4) is 0 Å². The van der Waals surface area contributed by atoms with Crippen molar-refractivity contribution in [1.82, 2.24) is 19.5 Å². The van der Waals surface area contributed by atoms with Gasteiger partial charge in [0.05, 0.1) is 30.0 Å². The van der Waals surface area contributed by atoms with Gasteiger partial charge in [-0.2, -0.15) is 13.1 Å². The molecule has 0 saturated carbocycles. The molecule has 0 aliphatic rings. The molecule has 0 aromatic rings. The second-order valence-corrected chi connectivity index (χ2v) is 12.6. The minimum Gasteiger partial charge on any atom is -0.460 e. The number of carbonyl (C=O) groups excluding carboxylic acids is 2. The number of amides is 1. The number of sulfonamides is 1. The first-order valence-corrected chi connectivity index (χ1v) is 12.8. The Balaban J connectivity index is 4.13. The minimum atomic E-state index is -4.24. The molecule has 0 saturated heterocycles. The molecule has 0 spiro atoms. The van der Waals surface area contributed by atoms with Gasteiger partial charge < -0.3 is 20.1 Å². The topological polar surface area (TPSA) is 169 Å². The van der Waals surface area contributed by atoms with Crippen molar-refractivity contribution in [2.45, 2.75) is 51.8 Å². The molecule has 0 radical (unpaired) electrons. The summed E-state index contributed by atoms with van der Waals surface area (Å²) < 4.78 is 60.1. The lowest BCUT2D eigenvalue weighted by Crippen LogP contribution is -2.54. The largest absolute Gasteiger partial charge is 0.460 e. The molecule has 32 heavy (non-hydrogen) atoms. The van der Waals surface area contributed by atoms with Gasteiger partial charge in [0.15, 0.2) is 0 Å². The first kappa shape index (κ1) is 30.4. The van der Waals surface area contributed by atoms with Gasteiger partial charge in [0.1, 0.15) is 6.61 Å². The number of hydrogen-bond acceptors (Lipinski definition) is 9. The van der Waals surface area contributed by atoms with Crippen LogP contribution < -0.4 is 19.5 Å². The standard InChI is InChI=1S/C18H36N4O8S2/c1-14(2)15(23)30-13-8-19-16(24)18(6,7)20-9-11-29-12-10-21-32(27,28)22-31(25,26)17(3,4)5/h20-22H,1,8-13H2,2-7H3,(H,19,24). The normalized spacial score (nSPS) is 12.9. The van der Waals surface area contributed by atoms with E-state index in [-0.39, 0.29) is 44.4 Å². The summed E-state index contributed by atoms with van der Waals surface area (Å²) >= 11 is 0. The SMILES string of the molecule is C=C(C)C(=O)OCCNC(=O)C(C)(C)NCCOCCNS(=O)(=O)NS(=O)(=O)C(C)(C)C. The molecule has 0 rings (SSSR count). The number of esters is 1. The van der Waals surface area contributed by atoms with E-state index in [1.165, 1.54) is 27.7 Å². The van der Waals surface area contributed by atoms with Gasteiger partial charge in [-0.1, -0.05) is 10.7 Å². The fourth-order valence-electron chi connectivity index (χ4n) is 1.82. The van der Waals surface area contributed by atoms with Gasteiger partial charge in [0, 0.05) is 18.7 Å². The van der Waals surface area contributed by atoms with Crippen LogP contribution in [0.3, 0.4) is 0 Å². The van der Waals surface area contributed by atoms with Crippen LogP contribution in [0.1, 0.15) is 41.5 Å². The van der Waals surface area contributed by atoms with Crippen LogP contribution in [0.2, 0.25) is 0 Å². The van der Waals surface area contributed by atoms with E-state index in [4.69, 9.17) is 9.47 Å². The maximum Gasteiger partial charge on any atom is 0.333 e. The lowest BCUT2D eigenvalue weighted by Gasteiger charge is -2.25. The first-order valence-electron chi connectivity index (χ1n) is 9.88. The summed E-state index contributed by atoms with van der Waals surface area (Å²) in [5.74, 6) is -0.828. The smallest absolute Gasteiger partial charge is 0.333 e. The van der Waals surface area contributed by atoms with Crippen LogP contribution in [0.4, 0.5) is 0 Å². The number of ether oxygens (including phenoxy) is 2. The maximum absolute atomic E-state index is 12.2. The van der Waals surface area contributed by atoms with E-state index < -0.39 is 36.5 Å². The summed E-state index contributed by atoms with van der Waals surface area (Å²) in [5.41, 5.74) is -0.647. The molecule has 0 heterocycles. The summed E-state index contributed by atoms with van der Waals surface area (Å²) in [6.07, 6.45) is 0. The van der Waals surface area contributed by atoms with E-state index in [1.807, 2.05) is 0 Å². The van der Waals surface area contributed by atoms with Gasteiger partial charge in [-0.15, -0.1) is 0 Å². The molecule has 0 unspecified atom stereocenters. The van der Waals surface area contributed by atoms with Crippen molar-refractivity contribution in [2.75, 3.05) is 39.5 Å². The molecule has 4 N–H and O–H groups in total. The first-order chi connectivity index (χ1) is 14.4. The molecule has 0 atom stereocenters. The van der Waals surface area contributed by atoms with E-state index in [0.717, 1.165) is 0 Å². The Labute approximate surface area is 191 Å². The average molecular weight is 501 g/mol. The van der Waals surface area contributed by atoms with Crippen LogP contribution in [0.15, 0.2) is 12.2 Å². The van der Waals surface area contributed by atoms with Crippen molar-refractivity contribution in [3.05, 3.63) is 12.2 Å². The third-order valence-corrected chi connectivity index (χ3v) is 7.87. The van der Waals surface area contributed by atoms with E-state index in [9.17, 15) is 26.4 Å². The Morgan fingerprint density at radius 2 is 1.47 bits per heavy atom. The summed E-state index contributed by atoms with van der Waals surface area (Å²) in [5, 5.41) is 5.63. The Morgan fingerprint density at radius 3 is 2.00 bits per heavy atom. The monoisotopic (exact) mass is 500 g/mol. The van der Waals surface area contributed by atoms with Gasteiger partial charge >= 0.3 is 5.97 Å². The predicted octanol–water partition coefficient (Wildman–Crippen LogP) is -0.841. The molecular formula is C18H36N4O8S2. The third-order valence-electron chi connectivity index (χ3n) is 3.91. The van der Waals surface area contributed by atoms with Crippen LogP contribution in [0, 0.1) is 0 Å². The van der Waals surface area contributed by atoms with Crippen molar-refractivity contribution in [3.63, 3.8) is 0 Å². The minimum absolute atomic E-state index is 0.00112. The Morgan fingerprint density at radius 1 is 0.906 bits per heavy atom. The maximum atomic E-state index is 12.2. The fourth-order valence-corrected chi connectivity index (χ4v) is 4.56. The van der Waals surface area contributed by atoms with Crippen molar-refractivity contribution < 1.29 is 35.9 Å². The number of rotatable bonds is 15. The predicted molar refractivity (Wildman–Crippen MR) is 120 cm³/mol. The zero-order valence-electron chi connectivity index (χ0n) is 19.5. The second-order valence-electron chi connectivity index (χ2n) is 8.43. The molecule has 0 bridgehead atoms. The van der Waals surface area contributed by atoms with Gasteiger partial charge in [-0.3, -0.25) is 4.79 Å². The Kier molecular flexibility index (Phi) is 12.0. The fraction of sp³-hybridized carbons (Fsp3) is 0.778. The van der Waals surface area contributed by atoms with Crippen LogP contribution in [-0.4, -0.2) is 78.5 Å². The molecule has 0 aromatic heterocycles. The highest BCUT2D eigenvalue weighted by atomic mass is 32.3. The lowest BCUT2D eigenvalue weighted by molar-refractivity contribution is -0.139. The average Bonchev–Trinajstić information content (AvgIpc) is 2.61. The summed E-state index contributed by atoms with van der Waals surface area (Å²) in [6.45, 7) is 13.0. The van der Waals surface area contributed by atoms with E-state index in [1.54, 1.807) is 18.0 Å². The van der Waals surface area contributed by atoms with Crippen molar-refractivity contribution in [2.24, 2.45) is 0 Å². The van der Waals surface area contributed by atoms with E-state index in [2.05, 4.69) is 21.9 Å². The van der Waals surface area contributed by atoms with Crippen LogP contribution in [-0.2, 0) is 39.3 Å². The van der Waals surface area contributed by atoms with Crippen molar-refractivity contribution in [1.29, 1.82) is 0 Å². The molecule has 0 aliphatic carbocycles. The molecule has 12 nitrogen and oxygen atoms in total. The summed E-state index contributed by atoms with van der Waals surface area (Å²) in [4.78, 5) is 23.5. The Bertz CT molecular complexity index is 862. The second kappa shape index (κ2) is 12.6.